The zero-order valence-electron chi connectivity index (χ0n) is 10.4. The molecule has 0 aliphatic carbocycles. The lowest BCUT2D eigenvalue weighted by molar-refractivity contribution is 0.0691. The van der Waals surface area contributed by atoms with Gasteiger partial charge in [-0.05, 0) is 0 Å². The van der Waals surface area contributed by atoms with Gasteiger partial charge in [-0.15, -0.1) is 11.3 Å². The van der Waals surface area contributed by atoms with E-state index in [9.17, 15) is 9.59 Å². The second-order valence-electron chi connectivity index (χ2n) is 3.87. The van der Waals surface area contributed by atoms with Gasteiger partial charge < -0.3 is 20.7 Å². The van der Waals surface area contributed by atoms with Crippen LogP contribution in [0.1, 0.15) is 21.2 Å². The first-order valence-electron chi connectivity index (χ1n) is 5.82. The van der Waals surface area contributed by atoms with E-state index >= 15 is 0 Å². The summed E-state index contributed by atoms with van der Waals surface area (Å²) in [6.45, 7) is 0.681. The zero-order valence-corrected chi connectivity index (χ0v) is 11.2. The van der Waals surface area contributed by atoms with E-state index < -0.39 is 5.97 Å². The van der Waals surface area contributed by atoms with E-state index in [0.29, 0.717) is 18.0 Å². The number of rotatable bonds is 6. The van der Waals surface area contributed by atoms with Crippen molar-refractivity contribution < 1.29 is 14.7 Å². The highest BCUT2D eigenvalue weighted by molar-refractivity contribution is 7.09. The lowest BCUT2D eigenvalue weighted by Crippen LogP contribution is -2.36. The molecule has 20 heavy (non-hydrogen) atoms. The van der Waals surface area contributed by atoms with E-state index in [1.54, 1.807) is 12.5 Å². The molecule has 0 bridgehead atoms. The van der Waals surface area contributed by atoms with Gasteiger partial charge in [-0.2, -0.15) is 0 Å². The molecule has 0 atom stereocenters. The standard InChI is InChI=1S/C11H13N5O3S/c17-10(18)8-5-20-9(16-8)4-14-11(19)13-2-1-7-3-12-6-15-7/h3,5-6H,1-2,4H2,(H,12,15)(H,17,18)(H2,13,14,19). The van der Waals surface area contributed by atoms with Gasteiger partial charge in [0.15, 0.2) is 5.69 Å². The van der Waals surface area contributed by atoms with Crippen molar-refractivity contribution in [3.8, 4) is 0 Å². The van der Waals surface area contributed by atoms with Crippen molar-refractivity contribution in [3.63, 3.8) is 0 Å². The number of hydrogen-bond donors (Lipinski definition) is 4. The molecular formula is C11H13N5O3S. The van der Waals surface area contributed by atoms with Gasteiger partial charge in [0, 0.05) is 30.2 Å². The fraction of sp³-hybridized carbons (Fsp3) is 0.273. The highest BCUT2D eigenvalue weighted by Gasteiger charge is 2.09. The van der Waals surface area contributed by atoms with Crippen molar-refractivity contribution in [1.82, 2.24) is 25.6 Å². The minimum atomic E-state index is -1.07. The summed E-state index contributed by atoms with van der Waals surface area (Å²) in [6, 6.07) is -0.323. The quantitative estimate of drug-likeness (QED) is 0.622. The first-order valence-corrected chi connectivity index (χ1v) is 6.70. The predicted molar refractivity (Wildman–Crippen MR) is 71.6 cm³/mol. The summed E-state index contributed by atoms with van der Waals surface area (Å²) in [5, 5.41) is 16.0. The van der Waals surface area contributed by atoms with Crippen molar-refractivity contribution in [2.45, 2.75) is 13.0 Å². The smallest absolute Gasteiger partial charge is 0.355 e. The molecule has 106 valence electrons. The van der Waals surface area contributed by atoms with E-state index in [1.165, 1.54) is 16.7 Å². The fourth-order valence-electron chi connectivity index (χ4n) is 1.44. The summed E-state index contributed by atoms with van der Waals surface area (Å²) in [7, 11) is 0. The maximum absolute atomic E-state index is 11.5. The Balaban J connectivity index is 1.67. The van der Waals surface area contributed by atoms with Crippen molar-refractivity contribution in [2.75, 3.05) is 6.54 Å². The molecule has 0 saturated heterocycles. The highest BCUT2D eigenvalue weighted by atomic mass is 32.1. The minimum Gasteiger partial charge on any atom is -0.476 e. The number of thiazole rings is 1. The molecule has 0 aliphatic heterocycles. The molecule has 4 N–H and O–H groups in total. The third kappa shape index (κ3) is 4.05. The lowest BCUT2D eigenvalue weighted by Gasteiger charge is -2.05. The fourth-order valence-corrected chi connectivity index (χ4v) is 2.15. The molecule has 0 aliphatic rings. The Kier molecular flexibility index (Phi) is 4.66. The predicted octanol–water partition coefficient (Wildman–Crippen LogP) is 0.606. The molecule has 0 fully saturated rings. The van der Waals surface area contributed by atoms with Crippen molar-refractivity contribution in [2.24, 2.45) is 0 Å². The zero-order chi connectivity index (χ0) is 14.4. The number of aromatic nitrogens is 3. The summed E-state index contributed by atoms with van der Waals surface area (Å²) in [6.07, 6.45) is 3.94. The Bertz CT molecular complexity index is 581. The molecular weight excluding hydrogens is 282 g/mol. The van der Waals surface area contributed by atoms with Gasteiger partial charge in [-0.3, -0.25) is 0 Å². The van der Waals surface area contributed by atoms with E-state index in [0.717, 1.165) is 5.69 Å². The summed E-state index contributed by atoms with van der Waals surface area (Å²) in [4.78, 5) is 32.8. The SMILES string of the molecule is O=C(NCCc1cnc[nH]1)NCc1nc(C(=O)O)cs1. The number of carboxylic acids is 1. The highest BCUT2D eigenvalue weighted by Crippen LogP contribution is 2.09. The number of urea groups is 1. The van der Waals surface area contributed by atoms with Crippen LogP contribution in [-0.2, 0) is 13.0 Å². The number of nitrogens with one attached hydrogen (secondary N) is 3. The minimum absolute atomic E-state index is 0.00791. The van der Waals surface area contributed by atoms with E-state index in [2.05, 4.69) is 25.6 Å². The van der Waals surface area contributed by atoms with Gasteiger partial charge in [0.05, 0.1) is 12.9 Å². The largest absolute Gasteiger partial charge is 0.476 e. The Morgan fingerprint density at radius 1 is 1.40 bits per heavy atom. The maximum Gasteiger partial charge on any atom is 0.355 e. The number of hydrogen-bond acceptors (Lipinski definition) is 5. The number of aromatic amines is 1. The van der Waals surface area contributed by atoms with Crippen molar-refractivity contribution in [1.29, 1.82) is 0 Å². The van der Waals surface area contributed by atoms with Gasteiger partial charge in [-0.25, -0.2) is 19.6 Å². The second-order valence-corrected chi connectivity index (χ2v) is 4.81. The lowest BCUT2D eigenvalue weighted by atomic mass is 10.3. The van der Waals surface area contributed by atoms with E-state index in [1.807, 2.05) is 0 Å². The van der Waals surface area contributed by atoms with Crippen LogP contribution < -0.4 is 10.6 Å². The molecule has 0 saturated carbocycles. The molecule has 9 heteroatoms. The Hall–Kier alpha value is -2.42. The second kappa shape index (κ2) is 6.66. The van der Waals surface area contributed by atoms with Crippen LogP contribution in [0.2, 0.25) is 0 Å². The van der Waals surface area contributed by atoms with Crippen LogP contribution in [0.25, 0.3) is 0 Å². The summed E-state index contributed by atoms with van der Waals surface area (Å²) in [5.74, 6) is -1.07. The molecule has 8 nitrogen and oxygen atoms in total. The van der Waals surface area contributed by atoms with Crippen LogP contribution in [0.5, 0.6) is 0 Å². The number of carbonyl (C=O) groups excluding carboxylic acids is 1. The first kappa shape index (κ1) is 14.0. The topological polar surface area (TPSA) is 120 Å². The van der Waals surface area contributed by atoms with Gasteiger partial charge in [0.1, 0.15) is 5.01 Å². The van der Waals surface area contributed by atoms with Gasteiger partial charge in [-0.1, -0.05) is 0 Å². The molecule has 2 aromatic rings. The molecule has 0 radical (unpaired) electrons. The van der Waals surface area contributed by atoms with Gasteiger partial charge in [0.2, 0.25) is 0 Å². The van der Waals surface area contributed by atoms with Gasteiger partial charge >= 0.3 is 12.0 Å². The van der Waals surface area contributed by atoms with Crippen LogP contribution in [-0.4, -0.2) is 38.6 Å². The molecule has 0 spiro atoms. The van der Waals surface area contributed by atoms with Gasteiger partial charge in [0.25, 0.3) is 0 Å². The summed E-state index contributed by atoms with van der Waals surface area (Å²) in [5.41, 5.74) is 0.933. The number of imidazole rings is 1. The third-order valence-corrected chi connectivity index (χ3v) is 3.25. The van der Waals surface area contributed by atoms with Crippen LogP contribution in [0, 0.1) is 0 Å². The average molecular weight is 295 g/mol. The number of nitrogens with zero attached hydrogens (tertiary/aromatic N) is 2. The molecule has 2 heterocycles. The van der Waals surface area contributed by atoms with Crippen molar-refractivity contribution in [3.05, 3.63) is 34.3 Å². The number of amides is 2. The molecule has 2 aromatic heterocycles. The van der Waals surface area contributed by atoms with E-state index in [4.69, 9.17) is 5.11 Å². The Morgan fingerprint density at radius 2 is 2.25 bits per heavy atom. The molecule has 0 aromatic carbocycles. The number of H-pyrrole nitrogens is 1. The van der Waals surface area contributed by atoms with Crippen LogP contribution in [0.3, 0.4) is 0 Å². The summed E-state index contributed by atoms with van der Waals surface area (Å²) >= 11 is 1.19. The number of aromatic carboxylic acids is 1. The van der Waals surface area contributed by atoms with Crippen molar-refractivity contribution >= 4 is 23.3 Å². The molecule has 2 amide bonds. The number of carbonyl (C=O) groups is 2. The van der Waals surface area contributed by atoms with E-state index in [-0.39, 0.29) is 18.3 Å². The molecule has 0 unspecified atom stereocenters. The Labute approximate surface area is 118 Å². The van der Waals surface area contributed by atoms with Crippen LogP contribution in [0.4, 0.5) is 4.79 Å². The molecule has 2 rings (SSSR count). The number of carboxylic acid groups (broad SMARTS) is 1. The van der Waals surface area contributed by atoms with Crippen LogP contribution >= 0.6 is 11.3 Å². The maximum atomic E-state index is 11.5. The normalized spacial score (nSPS) is 10.2. The summed E-state index contributed by atoms with van der Waals surface area (Å²) < 4.78 is 0. The third-order valence-electron chi connectivity index (χ3n) is 2.41. The Morgan fingerprint density at radius 3 is 2.90 bits per heavy atom. The average Bonchev–Trinajstić information content (AvgIpc) is 3.07. The van der Waals surface area contributed by atoms with Crippen LogP contribution in [0.15, 0.2) is 17.9 Å². The first-order chi connectivity index (χ1) is 9.65. The monoisotopic (exact) mass is 295 g/mol.